The summed E-state index contributed by atoms with van der Waals surface area (Å²) in [6.07, 6.45) is 2.70. The summed E-state index contributed by atoms with van der Waals surface area (Å²) >= 11 is 0. The van der Waals surface area contributed by atoms with Gasteiger partial charge < -0.3 is 9.84 Å². The Morgan fingerprint density at radius 1 is 0.903 bits per heavy atom. The van der Waals surface area contributed by atoms with Crippen molar-refractivity contribution in [1.29, 1.82) is 0 Å². The standard InChI is InChI=1S/C23H24N2O6/c1-24-20(27)12-8-7-10-13(17(12)22(24)29)9-14-18(23(30)25(2)21(14)28)16(10)11-5-4-6-15(31-3)19(11)26/h4-7,12-14,16-18,26H,8-9H2,1-3H3/t12-,13+,14+,16+,17-,18+/m0/s1. The first-order valence-corrected chi connectivity index (χ1v) is 10.5. The fourth-order valence-electron chi connectivity index (χ4n) is 6.21. The van der Waals surface area contributed by atoms with E-state index in [1.54, 1.807) is 18.2 Å². The molecule has 4 aliphatic rings. The lowest BCUT2D eigenvalue weighted by molar-refractivity contribution is -0.140. The van der Waals surface area contributed by atoms with Crippen molar-refractivity contribution in [3.05, 3.63) is 35.4 Å². The van der Waals surface area contributed by atoms with Crippen LogP contribution < -0.4 is 4.74 Å². The van der Waals surface area contributed by atoms with Crippen LogP contribution in [0.1, 0.15) is 24.3 Å². The molecular formula is C23H24N2O6. The number of para-hydroxylation sites is 1. The number of phenolic OH excluding ortho intramolecular Hbond substituents is 1. The third-order valence-electron chi connectivity index (χ3n) is 7.67. The molecule has 0 bridgehead atoms. The molecule has 2 aliphatic carbocycles. The van der Waals surface area contributed by atoms with E-state index in [0.717, 1.165) is 10.5 Å². The number of carbonyl (C=O) groups excluding carboxylic acids is 4. The second-order valence-corrected chi connectivity index (χ2v) is 8.89. The minimum absolute atomic E-state index is 0.0711. The molecule has 2 heterocycles. The summed E-state index contributed by atoms with van der Waals surface area (Å²) < 4.78 is 5.27. The van der Waals surface area contributed by atoms with Gasteiger partial charge in [-0.05, 0) is 24.8 Å². The molecular weight excluding hydrogens is 400 g/mol. The number of allylic oxidation sites excluding steroid dienone is 2. The number of likely N-dealkylation sites (tertiary alicyclic amines) is 2. The molecule has 1 aromatic rings. The summed E-state index contributed by atoms with van der Waals surface area (Å²) in [6, 6.07) is 5.10. The molecule has 0 unspecified atom stereocenters. The highest BCUT2D eigenvalue weighted by Crippen LogP contribution is 2.59. The van der Waals surface area contributed by atoms with Crippen LogP contribution >= 0.6 is 0 Å². The van der Waals surface area contributed by atoms with Crippen molar-refractivity contribution in [2.24, 2.45) is 29.6 Å². The molecule has 1 N–H and O–H groups in total. The maximum absolute atomic E-state index is 13.1. The number of amides is 4. The molecule has 3 fully saturated rings. The number of nitrogens with zero attached hydrogens (tertiary/aromatic N) is 2. The van der Waals surface area contributed by atoms with Crippen LogP contribution in [0.15, 0.2) is 29.8 Å². The summed E-state index contributed by atoms with van der Waals surface area (Å²) in [5.74, 6) is -3.89. The van der Waals surface area contributed by atoms with Crippen LogP contribution in [0.25, 0.3) is 0 Å². The molecule has 5 rings (SSSR count). The van der Waals surface area contributed by atoms with Crippen molar-refractivity contribution in [2.75, 3.05) is 21.2 Å². The lowest BCUT2D eigenvalue weighted by atomic mass is 9.57. The van der Waals surface area contributed by atoms with Crippen molar-refractivity contribution < 1.29 is 29.0 Å². The molecule has 8 heteroatoms. The first kappa shape index (κ1) is 19.8. The maximum Gasteiger partial charge on any atom is 0.233 e. The summed E-state index contributed by atoms with van der Waals surface area (Å²) in [5.41, 5.74) is 1.37. The second kappa shape index (κ2) is 6.67. The largest absolute Gasteiger partial charge is 0.504 e. The quantitative estimate of drug-likeness (QED) is 0.567. The summed E-state index contributed by atoms with van der Waals surface area (Å²) in [7, 11) is 4.43. The van der Waals surface area contributed by atoms with Gasteiger partial charge in [-0.3, -0.25) is 29.0 Å². The molecule has 31 heavy (non-hydrogen) atoms. The van der Waals surface area contributed by atoms with Crippen molar-refractivity contribution >= 4 is 23.6 Å². The number of methoxy groups -OCH3 is 1. The molecule has 0 aromatic heterocycles. The predicted molar refractivity (Wildman–Crippen MR) is 108 cm³/mol. The number of hydrogen-bond acceptors (Lipinski definition) is 6. The number of imide groups is 2. The molecule has 1 saturated carbocycles. The lowest BCUT2D eigenvalue weighted by Crippen LogP contribution is -2.42. The van der Waals surface area contributed by atoms with Crippen LogP contribution in [0.5, 0.6) is 11.5 Å². The van der Waals surface area contributed by atoms with E-state index in [1.807, 2.05) is 6.08 Å². The van der Waals surface area contributed by atoms with Gasteiger partial charge in [0.25, 0.3) is 0 Å². The molecule has 8 nitrogen and oxygen atoms in total. The SMILES string of the molecule is COc1cccc([C@H]2C3=CC[C@@H]4C(=O)N(C)C(=O)[C@@H]4[C@@H]3C[C@H]3C(=O)N(C)C(=O)[C@@H]23)c1O. The Morgan fingerprint density at radius 3 is 2.23 bits per heavy atom. The monoisotopic (exact) mass is 424 g/mol. The Hall–Kier alpha value is -3.16. The Morgan fingerprint density at radius 2 is 1.55 bits per heavy atom. The van der Waals surface area contributed by atoms with Gasteiger partial charge in [0, 0.05) is 25.6 Å². The number of fused-ring (bicyclic) bond motifs is 4. The third kappa shape index (κ3) is 2.47. The highest BCUT2D eigenvalue weighted by Gasteiger charge is 2.61. The van der Waals surface area contributed by atoms with Crippen LogP contribution in [-0.2, 0) is 19.2 Å². The first-order valence-electron chi connectivity index (χ1n) is 10.5. The van der Waals surface area contributed by atoms with Crippen LogP contribution in [-0.4, -0.2) is 59.7 Å². The molecule has 0 spiro atoms. The smallest absolute Gasteiger partial charge is 0.233 e. The van der Waals surface area contributed by atoms with Gasteiger partial charge in [0.15, 0.2) is 11.5 Å². The summed E-state index contributed by atoms with van der Waals surface area (Å²) in [4.78, 5) is 54.0. The van der Waals surface area contributed by atoms with Crippen molar-refractivity contribution in [3.63, 3.8) is 0 Å². The van der Waals surface area contributed by atoms with Crippen molar-refractivity contribution in [1.82, 2.24) is 9.80 Å². The van der Waals surface area contributed by atoms with Gasteiger partial charge in [-0.25, -0.2) is 0 Å². The average Bonchev–Trinajstić information content (AvgIpc) is 3.12. The van der Waals surface area contributed by atoms with Gasteiger partial charge in [0.1, 0.15) is 0 Å². The number of rotatable bonds is 2. The summed E-state index contributed by atoms with van der Waals surface area (Å²) in [5, 5.41) is 10.9. The molecule has 4 amide bonds. The lowest BCUT2D eigenvalue weighted by Gasteiger charge is -2.44. The van der Waals surface area contributed by atoms with Gasteiger partial charge in [-0.1, -0.05) is 23.8 Å². The molecule has 6 atom stereocenters. The zero-order valence-electron chi connectivity index (χ0n) is 17.6. The maximum atomic E-state index is 13.1. The molecule has 0 radical (unpaired) electrons. The fourth-order valence-corrected chi connectivity index (χ4v) is 6.21. The minimum atomic E-state index is -0.653. The number of carbonyl (C=O) groups is 4. The summed E-state index contributed by atoms with van der Waals surface area (Å²) in [6.45, 7) is 0. The van der Waals surface area contributed by atoms with Crippen molar-refractivity contribution in [3.8, 4) is 11.5 Å². The van der Waals surface area contributed by atoms with Gasteiger partial charge in [0.2, 0.25) is 23.6 Å². The Kier molecular flexibility index (Phi) is 4.26. The van der Waals surface area contributed by atoms with E-state index in [2.05, 4.69) is 0 Å². The van der Waals surface area contributed by atoms with Gasteiger partial charge in [-0.2, -0.15) is 0 Å². The predicted octanol–water partition coefficient (Wildman–Crippen LogP) is 1.30. The van der Waals surface area contributed by atoms with Crippen LogP contribution in [0.3, 0.4) is 0 Å². The van der Waals surface area contributed by atoms with E-state index in [1.165, 1.54) is 26.1 Å². The van der Waals surface area contributed by atoms with Crippen LogP contribution in [0.4, 0.5) is 0 Å². The Balaban J connectivity index is 1.69. The zero-order chi connectivity index (χ0) is 22.2. The van der Waals surface area contributed by atoms with Crippen molar-refractivity contribution in [2.45, 2.75) is 18.8 Å². The molecule has 162 valence electrons. The number of aromatic hydroxyl groups is 1. The molecule has 2 saturated heterocycles. The van der Waals surface area contributed by atoms with Gasteiger partial charge >= 0.3 is 0 Å². The van der Waals surface area contributed by atoms with E-state index in [4.69, 9.17) is 4.74 Å². The fraction of sp³-hybridized carbons (Fsp3) is 0.478. The van der Waals surface area contributed by atoms with Gasteiger partial charge in [-0.15, -0.1) is 0 Å². The zero-order valence-corrected chi connectivity index (χ0v) is 17.6. The van der Waals surface area contributed by atoms with E-state index in [9.17, 15) is 24.3 Å². The second-order valence-electron chi connectivity index (χ2n) is 8.89. The average molecular weight is 424 g/mol. The molecule has 2 aliphatic heterocycles. The Labute approximate surface area is 179 Å². The minimum Gasteiger partial charge on any atom is -0.504 e. The normalized spacial score (nSPS) is 34.5. The highest BCUT2D eigenvalue weighted by molar-refractivity contribution is 6.07. The van der Waals surface area contributed by atoms with Gasteiger partial charge in [0.05, 0.1) is 30.8 Å². The topological polar surface area (TPSA) is 104 Å². The van der Waals surface area contributed by atoms with E-state index >= 15 is 0 Å². The van der Waals surface area contributed by atoms with E-state index < -0.39 is 29.6 Å². The van der Waals surface area contributed by atoms with E-state index in [-0.39, 0.29) is 41.0 Å². The van der Waals surface area contributed by atoms with E-state index in [0.29, 0.717) is 18.4 Å². The van der Waals surface area contributed by atoms with Crippen LogP contribution in [0, 0.1) is 29.6 Å². The Bertz CT molecular complexity index is 1060. The highest BCUT2D eigenvalue weighted by atomic mass is 16.5. The van der Waals surface area contributed by atoms with Crippen LogP contribution in [0.2, 0.25) is 0 Å². The number of phenols is 1. The number of hydrogen-bond donors (Lipinski definition) is 1. The molecule has 1 aromatic carbocycles. The number of benzene rings is 1. The third-order valence-corrected chi connectivity index (χ3v) is 7.67. The number of ether oxygens (including phenoxy) is 1. The first-order chi connectivity index (χ1) is 14.8.